The first-order valence-electron chi connectivity index (χ1n) is 3.22. The van der Waals surface area contributed by atoms with E-state index in [1.165, 1.54) is 13.2 Å². The van der Waals surface area contributed by atoms with Crippen molar-refractivity contribution < 1.29 is 18.3 Å². The van der Waals surface area contributed by atoms with Gasteiger partial charge in [-0.2, -0.15) is 0 Å². The lowest BCUT2D eigenvalue weighted by Crippen LogP contribution is -1.96. The van der Waals surface area contributed by atoms with Crippen molar-refractivity contribution >= 4 is 33.2 Å². The van der Waals surface area contributed by atoms with E-state index in [9.17, 15) is 13.6 Å². The fraction of sp³-hybridized carbons (Fsp3) is 0.286. The van der Waals surface area contributed by atoms with E-state index in [4.69, 9.17) is 0 Å². The molecule has 72 valence electrons. The zero-order valence-electron chi connectivity index (χ0n) is 6.51. The van der Waals surface area contributed by atoms with Crippen molar-refractivity contribution in [2.24, 2.45) is 0 Å². The first-order valence-corrected chi connectivity index (χ1v) is 4.83. The normalized spacial score (nSPS) is 10.5. The molecule has 0 unspecified atom stereocenters. The topological polar surface area (TPSA) is 26.3 Å². The molecule has 0 N–H and O–H groups in total. The number of halogens is 3. The van der Waals surface area contributed by atoms with Crippen molar-refractivity contribution in [3.8, 4) is 0 Å². The van der Waals surface area contributed by atoms with Gasteiger partial charge in [0.05, 0.1) is 12.0 Å². The minimum absolute atomic E-state index is 0.152. The minimum Gasteiger partial charge on any atom is -0.465 e. The quantitative estimate of drug-likeness (QED) is 0.772. The summed E-state index contributed by atoms with van der Waals surface area (Å²) in [6.45, 7) is 0. The van der Waals surface area contributed by atoms with Gasteiger partial charge in [0.15, 0.2) is 0 Å². The third-order valence-electron chi connectivity index (χ3n) is 1.30. The molecule has 2 nitrogen and oxygen atoms in total. The van der Waals surface area contributed by atoms with Crippen LogP contribution in [0.25, 0.3) is 0 Å². The second-order valence-corrected chi connectivity index (χ2v) is 4.05. The highest BCUT2D eigenvalue weighted by Crippen LogP contribution is 2.35. The van der Waals surface area contributed by atoms with Crippen molar-refractivity contribution in [2.75, 3.05) is 7.11 Å². The van der Waals surface area contributed by atoms with Gasteiger partial charge in [-0.3, -0.25) is 0 Å². The van der Waals surface area contributed by atoms with E-state index in [0.29, 0.717) is 0 Å². The van der Waals surface area contributed by atoms with Crippen LogP contribution in [0.3, 0.4) is 0 Å². The molecule has 1 aromatic heterocycles. The molecular weight excluding hydrogens is 266 g/mol. The minimum atomic E-state index is -2.57. The molecule has 0 saturated heterocycles. The highest BCUT2D eigenvalue weighted by molar-refractivity contribution is 9.10. The number of ether oxygens (including phenoxy) is 1. The Balaban J connectivity index is 3.02. The van der Waals surface area contributed by atoms with E-state index >= 15 is 0 Å². The number of methoxy groups -OCH3 is 1. The van der Waals surface area contributed by atoms with Gasteiger partial charge in [0.1, 0.15) is 4.88 Å². The second kappa shape index (κ2) is 4.15. The molecule has 0 fully saturated rings. The van der Waals surface area contributed by atoms with Crippen LogP contribution in [0.4, 0.5) is 8.78 Å². The molecule has 0 aliphatic heterocycles. The summed E-state index contributed by atoms with van der Waals surface area (Å²) in [7, 11) is 1.21. The van der Waals surface area contributed by atoms with E-state index in [-0.39, 0.29) is 14.2 Å². The predicted octanol–water partition coefficient (Wildman–Crippen LogP) is 3.23. The van der Waals surface area contributed by atoms with E-state index in [2.05, 4.69) is 20.7 Å². The molecule has 0 spiro atoms. The molecule has 0 amide bonds. The summed E-state index contributed by atoms with van der Waals surface area (Å²) in [5.41, 5.74) is 0. The van der Waals surface area contributed by atoms with Gasteiger partial charge in [-0.25, -0.2) is 13.6 Å². The van der Waals surface area contributed by atoms with Gasteiger partial charge in [0, 0.05) is 4.47 Å². The fourth-order valence-corrected chi connectivity index (χ4v) is 2.36. The average Bonchev–Trinajstić information content (AvgIpc) is 2.46. The van der Waals surface area contributed by atoms with Crippen LogP contribution in [0.2, 0.25) is 0 Å². The number of thiophene rings is 1. The summed E-state index contributed by atoms with van der Waals surface area (Å²) in [5, 5.41) is 0. The third kappa shape index (κ3) is 2.25. The van der Waals surface area contributed by atoms with Crippen molar-refractivity contribution in [1.82, 2.24) is 0 Å². The molecule has 1 rings (SSSR count). The third-order valence-corrected chi connectivity index (χ3v) is 3.34. The van der Waals surface area contributed by atoms with Crippen molar-refractivity contribution in [2.45, 2.75) is 6.43 Å². The maximum atomic E-state index is 12.2. The van der Waals surface area contributed by atoms with Crippen LogP contribution in [0.1, 0.15) is 21.0 Å². The zero-order chi connectivity index (χ0) is 10.0. The Morgan fingerprint density at radius 2 is 2.31 bits per heavy atom. The molecule has 0 aliphatic carbocycles. The number of carbonyl (C=O) groups excluding carboxylic acids is 1. The van der Waals surface area contributed by atoms with Crippen molar-refractivity contribution in [3.63, 3.8) is 0 Å². The van der Waals surface area contributed by atoms with Crippen LogP contribution in [-0.2, 0) is 4.74 Å². The standard InChI is InChI=1S/C7H5BrF2O2S/c1-12-7(11)4-2-3(8)5(13-4)6(9)10/h2,6H,1H3. The lowest BCUT2D eigenvalue weighted by Gasteiger charge is -1.93. The fourth-order valence-electron chi connectivity index (χ4n) is 0.733. The summed E-state index contributed by atoms with van der Waals surface area (Å²) >= 11 is 3.67. The molecule has 0 radical (unpaired) electrons. The molecule has 1 heterocycles. The van der Waals surface area contributed by atoms with Gasteiger partial charge in [-0.05, 0) is 22.0 Å². The van der Waals surface area contributed by atoms with Gasteiger partial charge in [-0.15, -0.1) is 11.3 Å². The van der Waals surface area contributed by atoms with Gasteiger partial charge in [-0.1, -0.05) is 0 Å². The molecule has 0 atom stereocenters. The van der Waals surface area contributed by atoms with Crippen LogP contribution in [0, 0.1) is 0 Å². The summed E-state index contributed by atoms with van der Waals surface area (Å²) in [6, 6.07) is 1.33. The summed E-state index contributed by atoms with van der Waals surface area (Å²) < 4.78 is 29.1. The van der Waals surface area contributed by atoms with Gasteiger partial charge < -0.3 is 4.74 Å². The number of alkyl halides is 2. The Bertz CT molecular complexity index is 324. The van der Waals surface area contributed by atoms with Crippen LogP contribution >= 0.6 is 27.3 Å². The van der Waals surface area contributed by atoms with Crippen molar-refractivity contribution in [3.05, 3.63) is 20.3 Å². The van der Waals surface area contributed by atoms with Gasteiger partial charge in [0.2, 0.25) is 0 Å². The zero-order valence-corrected chi connectivity index (χ0v) is 8.92. The average molecular weight is 271 g/mol. The van der Waals surface area contributed by atoms with Crippen LogP contribution < -0.4 is 0 Å². The molecule has 1 aromatic rings. The molecule has 0 saturated carbocycles. The van der Waals surface area contributed by atoms with E-state index in [1.807, 2.05) is 0 Å². The lowest BCUT2D eigenvalue weighted by molar-refractivity contribution is 0.0606. The van der Waals surface area contributed by atoms with Crippen LogP contribution in [0.15, 0.2) is 10.5 Å². The van der Waals surface area contributed by atoms with E-state index < -0.39 is 12.4 Å². The molecule has 0 bridgehead atoms. The molecular formula is C7H5BrF2O2S. The Hall–Kier alpha value is -0.490. The highest BCUT2D eigenvalue weighted by Gasteiger charge is 2.19. The molecule has 0 aromatic carbocycles. The summed E-state index contributed by atoms with van der Waals surface area (Å²) in [6.07, 6.45) is -2.57. The maximum absolute atomic E-state index is 12.2. The number of esters is 1. The maximum Gasteiger partial charge on any atom is 0.348 e. The van der Waals surface area contributed by atoms with Gasteiger partial charge in [0.25, 0.3) is 6.43 Å². The first-order chi connectivity index (χ1) is 6.06. The largest absolute Gasteiger partial charge is 0.465 e. The Morgan fingerprint density at radius 3 is 2.69 bits per heavy atom. The highest BCUT2D eigenvalue weighted by atomic mass is 79.9. The Morgan fingerprint density at radius 1 is 1.69 bits per heavy atom. The predicted molar refractivity (Wildman–Crippen MR) is 48.3 cm³/mol. The second-order valence-electron chi connectivity index (χ2n) is 2.12. The van der Waals surface area contributed by atoms with Crippen LogP contribution in [0.5, 0.6) is 0 Å². The smallest absolute Gasteiger partial charge is 0.348 e. The number of hydrogen-bond donors (Lipinski definition) is 0. The summed E-state index contributed by atoms with van der Waals surface area (Å²) in [4.78, 5) is 10.9. The molecule has 13 heavy (non-hydrogen) atoms. The lowest BCUT2D eigenvalue weighted by atomic mass is 10.4. The Kier molecular flexibility index (Phi) is 3.38. The monoisotopic (exact) mass is 270 g/mol. The number of carbonyl (C=O) groups is 1. The Labute approximate surface area is 85.6 Å². The van der Waals surface area contributed by atoms with E-state index in [0.717, 1.165) is 11.3 Å². The summed E-state index contributed by atoms with van der Waals surface area (Å²) in [5.74, 6) is -0.599. The molecule has 0 aliphatic rings. The number of rotatable bonds is 2. The van der Waals surface area contributed by atoms with E-state index in [1.54, 1.807) is 0 Å². The van der Waals surface area contributed by atoms with Crippen LogP contribution in [-0.4, -0.2) is 13.1 Å². The SMILES string of the molecule is COC(=O)c1cc(Br)c(C(F)F)s1. The van der Waals surface area contributed by atoms with Crippen molar-refractivity contribution in [1.29, 1.82) is 0 Å². The number of hydrogen-bond acceptors (Lipinski definition) is 3. The molecule has 6 heteroatoms. The van der Waals surface area contributed by atoms with Gasteiger partial charge >= 0.3 is 5.97 Å². The first kappa shape index (κ1) is 10.6.